The first-order valence-electron chi connectivity index (χ1n) is 8.38. The topological polar surface area (TPSA) is 95.1 Å². The average molecular weight is 363 g/mol. The van der Waals surface area contributed by atoms with Crippen molar-refractivity contribution in [3.8, 4) is 5.75 Å². The van der Waals surface area contributed by atoms with E-state index in [1.54, 1.807) is 0 Å². The van der Waals surface area contributed by atoms with Gasteiger partial charge in [-0.1, -0.05) is 25.1 Å². The van der Waals surface area contributed by atoms with Crippen molar-refractivity contribution in [1.82, 2.24) is 14.9 Å². The van der Waals surface area contributed by atoms with E-state index in [0.29, 0.717) is 5.16 Å². The molecule has 0 unspecified atom stereocenters. The lowest BCUT2D eigenvalue weighted by Crippen LogP contribution is -2.17. The molecule has 1 aromatic carbocycles. The van der Waals surface area contributed by atoms with Gasteiger partial charge in [-0.15, -0.1) is 10.2 Å². The zero-order chi connectivity index (χ0) is 18.2. The molecule has 8 heteroatoms. The molecule has 1 heterocycles. The highest BCUT2D eigenvalue weighted by molar-refractivity contribution is 7.99. The Labute approximate surface area is 152 Å². The second-order valence-corrected chi connectivity index (χ2v) is 6.84. The summed E-state index contributed by atoms with van der Waals surface area (Å²) in [6.07, 6.45) is 2.99. The van der Waals surface area contributed by atoms with Gasteiger partial charge in [-0.2, -0.15) is 0 Å². The van der Waals surface area contributed by atoms with Crippen molar-refractivity contribution in [1.29, 1.82) is 0 Å². The summed E-state index contributed by atoms with van der Waals surface area (Å²) in [6, 6.07) is 7.29. The fourth-order valence-electron chi connectivity index (χ4n) is 2.13. The summed E-state index contributed by atoms with van der Waals surface area (Å²) < 4.78 is 7.04. The Kier molecular flexibility index (Phi) is 7.12. The summed E-state index contributed by atoms with van der Waals surface area (Å²) in [5.41, 5.74) is 0.722. The molecule has 0 saturated heterocycles. The number of carbonyl (C=O) groups is 1. The summed E-state index contributed by atoms with van der Waals surface area (Å²) in [7, 11) is 0. The molecule has 1 amide bonds. The SMILES string of the molecule is CCCCc1nnc(SCC(=O)Nc2ccc(OC(C)C)cc2)n1N. The minimum absolute atomic E-state index is 0.118. The van der Waals surface area contributed by atoms with Crippen LogP contribution in [0.15, 0.2) is 29.4 Å². The van der Waals surface area contributed by atoms with Crippen LogP contribution in [0.5, 0.6) is 5.75 Å². The van der Waals surface area contributed by atoms with Gasteiger partial charge in [0.2, 0.25) is 11.1 Å². The van der Waals surface area contributed by atoms with Gasteiger partial charge in [-0.25, -0.2) is 4.68 Å². The fourth-order valence-corrected chi connectivity index (χ4v) is 2.80. The Morgan fingerprint density at radius 3 is 2.68 bits per heavy atom. The molecular weight excluding hydrogens is 338 g/mol. The summed E-state index contributed by atoms with van der Waals surface area (Å²) in [6.45, 7) is 6.05. The highest BCUT2D eigenvalue weighted by Crippen LogP contribution is 2.19. The van der Waals surface area contributed by atoms with Crippen LogP contribution in [0.25, 0.3) is 0 Å². The molecule has 2 rings (SSSR count). The number of unbranched alkanes of at least 4 members (excludes halogenated alkanes) is 1. The number of anilines is 1. The molecule has 2 aromatic rings. The second-order valence-electron chi connectivity index (χ2n) is 5.90. The predicted molar refractivity (Wildman–Crippen MR) is 100 cm³/mol. The van der Waals surface area contributed by atoms with Crippen LogP contribution in [0.1, 0.15) is 39.4 Å². The minimum Gasteiger partial charge on any atom is -0.491 e. The van der Waals surface area contributed by atoms with Crippen LogP contribution in [-0.2, 0) is 11.2 Å². The van der Waals surface area contributed by atoms with Crippen molar-refractivity contribution < 1.29 is 9.53 Å². The van der Waals surface area contributed by atoms with E-state index in [-0.39, 0.29) is 17.8 Å². The number of aryl methyl sites for hydroxylation is 1. The second kappa shape index (κ2) is 9.31. The molecule has 3 N–H and O–H groups in total. The van der Waals surface area contributed by atoms with Gasteiger partial charge in [0.1, 0.15) is 5.75 Å². The molecule has 0 aliphatic heterocycles. The van der Waals surface area contributed by atoms with Gasteiger partial charge in [-0.05, 0) is 44.5 Å². The number of carbonyl (C=O) groups excluding carboxylic acids is 1. The molecule has 0 bridgehead atoms. The van der Waals surface area contributed by atoms with E-state index in [0.717, 1.165) is 36.5 Å². The zero-order valence-corrected chi connectivity index (χ0v) is 15.7. The summed E-state index contributed by atoms with van der Waals surface area (Å²) in [5.74, 6) is 7.57. The van der Waals surface area contributed by atoms with E-state index in [9.17, 15) is 4.79 Å². The predicted octanol–water partition coefficient (Wildman–Crippen LogP) is 2.85. The van der Waals surface area contributed by atoms with E-state index >= 15 is 0 Å². The van der Waals surface area contributed by atoms with Crippen molar-refractivity contribution in [3.05, 3.63) is 30.1 Å². The highest BCUT2D eigenvalue weighted by Gasteiger charge is 2.12. The number of nitrogen functional groups attached to an aromatic ring is 1. The summed E-state index contributed by atoms with van der Waals surface area (Å²) in [4.78, 5) is 12.1. The molecule has 0 saturated carbocycles. The molecule has 0 radical (unpaired) electrons. The van der Waals surface area contributed by atoms with Crippen molar-refractivity contribution in [2.75, 3.05) is 16.9 Å². The maximum absolute atomic E-state index is 12.1. The Morgan fingerprint density at radius 1 is 1.32 bits per heavy atom. The third kappa shape index (κ3) is 5.97. The Balaban J connectivity index is 1.83. The van der Waals surface area contributed by atoms with Crippen LogP contribution in [0, 0.1) is 0 Å². The Morgan fingerprint density at radius 2 is 2.04 bits per heavy atom. The number of amides is 1. The van der Waals surface area contributed by atoms with Gasteiger partial charge in [-0.3, -0.25) is 4.79 Å². The zero-order valence-electron chi connectivity index (χ0n) is 14.9. The van der Waals surface area contributed by atoms with Crippen LogP contribution >= 0.6 is 11.8 Å². The molecule has 0 fully saturated rings. The van der Waals surface area contributed by atoms with E-state index < -0.39 is 0 Å². The number of hydrogen-bond donors (Lipinski definition) is 2. The minimum atomic E-state index is -0.124. The molecular formula is C17H25N5O2S. The number of nitrogens with one attached hydrogen (secondary N) is 1. The van der Waals surface area contributed by atoms with E-state index in [1.165, 1.54) is 16.4 Å². The molecule has 0 spiro atoms. The van der Waals surface area contributed by atoms with Gasteiger partial charge >= 0.3 is 0 Å². The standard InChI is InChI=1S/C17H25N5O2S/c1-4-5-6-15-20-21-17(22(15)18)25-11-16(23)19-13-7-9-14(10-8-13)24-12(2)3/h7-10,12H,4-6,11,18H2,1-3H3,(H,19,23). The third-order valence-corrected chi connectivity index (χ3v) is 4.27. The Hall–Kier alpha value is -2.22. The van der Waals surface area contributed by atoms with Crippen molar-refractivity contribution in [2.45, 2.75) is 51.3 Å². The van der Waals surface area contributed by atoms with Crippen LogP contribution in [0.3, 0.4) is 0 Å². The maximum Gasteiger partial charge on any atom is 0.234 e. The lowest BCUT2D eigenvalue weighted by atomic mass is 10.2. The normalized spacial score (nSPS) is 10.9. The average Bonchev–Trinajstić information content (AvgIpc) is 2.92. The van der Waals surface area contributed by atoms with Crippen molar-refractivity contribution in [3.63, 3.8) is 0 Å². The number of rotatable bonds is 9. The Bertz CT molecular complexity index is 685. The lowest BCUT2D eigenvalue weighted by molar-refractivity contribution is -0.113. The number of thioether (sulfide) groups is 1. The number of hydrogen-bond acceptors (Lipinski definition) is 6. The summed E-state index contributed by atoms with van der Waals surface area (Å²) in [5, 5.41) is 11.5. The van der Waals surface area contributed by atoms with Gasteiger partial charge in [0.25, 0.3) is 0 Å². The molecule has 136 valence electrons. The quantitative estimate of drug-likeness (QED) is 0.525. The molecule has 25 heavy (non-hydrogen) atoms. The highest BCUT2D eigenvalue weighted by atomic mass is 32.2. The fraction of sp³-hybridized carbons (Fsp3) is 0.471. The number of benzene rings is 1. The molecule has 7 nitrogen and oxygen atoms in total. The summed E-state index contributed by atoms with van der Waals surface area (Å²) >= 11 is 1.27. The number of nitrogens with zero attached hydrogens (tertiary/aromatic N) is 3. The first-order chi connectivity index (χ1) is 12.0. The first-order valence-corrected chi connectivity index (χ1v) is 9.37. The van der Waals surface area contributed by atoms with Crippen molar-refractivity contribution >= 4 is 23.4 Å². The van der Waals surface area contributed by atoms with Crippen LogP contribution in [0.4, 0.5) is 5.69 Å². The van der Waals surface area contributed by atoms with Crippen LogP contribution < -0.4 is 15.9 Å². The van der Waals surface area contributed by atoms with Crippen LogP contribution in [0.2, 0.25) is 0 Å². The number of ether oxygens (including phenoxy) is 1. The third-order valence-electron chi connectivity index (χ3n) is 3.33. The molecule has 1 aromatic heterocycles. The first kappa shape index (κ1) is 19.1. The van der Waals surface area contributed by atoms with Gasteiger partial charge in [0.05, 0.1) is 11.9 Å². The van der Waals surface area contributed by atoms with Crippen molar-refractivity contribution in [2.24, 2.45) is 0 Å². The van der Waals surface area contributed by atoms with Crippen LogP contribution in [-0.4, -0.2) is 32.6 Å². The maximum atomic E-state index is 12.1. The molecule has 0 aliphatic rings. The molecule has 0 aliphatic carbocycles. The van der Waals surface area contributed by atoms with Gasteiger partial charge < -0.3 is 15.9 Å². The van der Waals surface area contributed by atoms with E-state index in [1.807, 2.05) is 38.1 Å². The largest absolute Gasteiger partial charge is 0.491 e. The van der Waals surface area contributed by atoms with Gasteiger partial charge in [0, 0.05) is 12.1 Å². The van der Waals surface area contributed by atoms with E-state index in [4.69, 9.17) is 10.6 Å². The smallest absolute Gasteiger partial charge is 0.234 e. The molecule has 0 atom stereocenters. The number of nitrogens with two attached hydrogens (primary N) is 1. The number of aromatic nitrogens is 3. The lowest BCUT2D eigenvalue weighted by Gasteiger charge is -2.10. The van der Waals surface area contributed by atoms with Gasteiger partial charge in [0.15, 0.2) is 5.82 Å². The monoisotopic (exact) mass is 363 g/mol. The van der Waals surface area contributed by atoms with E-state index in [2.05, 4.69) is 22.4 Å².